The molecular weight excluding hydrogens is 1230 g/mol. The van der Waals surface area contributed by atoms with Gasteiger partial charge in [0.2, 0.25) is 0 Å². The number of benzene rings is 9. The zero-order valence-electron chi connectivity index (χ0n) is 38.9. The summed E-state index contributed by atoms with van der Waals surface area (Å²) in [7, 11) is 0. The second-order valence-electron chi connectivity index (χ2n) is 18.1. The van der Waals surface area contributed by atoms with Gasteiger partial charge in [-0.05, 0) is 0 Å². The maximum atomic E-state index is 13.8. The van der Waals surface area contributed by atoms with E-state index in [1.165, 1.54) is 48.9 Å². The molecule has 0 unspecified atom stereocenters. The molecule has 9 aromatic carbocycles. The van der Waals surface area contributed by atoms with E-state index in [9.17, 15) is 19.2 Å². The first kappa shape index (κ1) is 45.5. The summed E-state index contributed by atoms with van der Waals surface area (Å²) in [6.07, 6.45) is 3.73. The summed E-state index contributed by atoms with van der Waals surface area (Å²) in [5, 5.41) is 5.55. The van der Waals surface area contributed by atoms with E-state index in [0.717, 1.165) is 39.5 Å². The summed E-state index contributed by atoms with van der Waals surface area (Å²) in [6, 6.07) is 70.1. The van der Waals surface area contributed by atoms with E-state index in [0.29, 0.717) is 27.8 Å². The van der Waals surface area contributed by atoms with Crippen molar-refractivity contribution < 1.29 is 19.2 Å². The second kappa shape index (κ2) is 18.4. The molecule has 74 heavy (non-hydrogen) atoms. The minimum absolute atomic E-state index is 0.153. The number of Topliss-reactive ketones (excluding diaryl/α,β-unsaturated/α-hetero) is 4. The number of hydrogen-bond donors (Lipinski definition) is 0. The monoisotopic (exact) mass is 1270 g/mol. The van der Waals surface area contributed by atoms with E-state index >= 15 is 0 Å². The van der Waals surface area contributed by atoms with Crippen molar-refractivity contribution in [3.8, 4) is 0 Å². The van der Waals surface area contributed by atoms with Gasteiger partial charge in [0.25, 0.3) is 0 Å². The van der Waals surface area contributed by atoms with Crippen molar-refractivity contribution in [1.82, 2.24) is 0 Å². The van der Waals surface area contributed by atoms with Crippen molar-refractivity contribution in [3.63, 3.8) is 0 Å². The molecule has 10 heteroatoms. The SMILES string of the molecule is O=C1/C(=C\c2ccc(N3c4ccccc4[Se]c4ccccc43)[te]2)C(=O)c2c1ccc1ccccc21.O=C1C(=Cc2ccc(N3c4ccccc4Sc4ccccc43)[te]2)C(=O)c2c1c1ccccc1c1ccccc21. The molecule has 4 aliphatic rings. The molecule has 2 aliphatic carbocycles. The van der Waals surface area contributed by atoms with Crippen molar-refractivity contribution in [2.75, 3.05) is 9.80 Å². The number of nitrogens with zero attached hydrogens (tertiary/aromatic N) is 2. The zero-order chi connectivity index (χ0) is 49.6. The van der Waals surface area contributed by atoms with Gasteiger partial charge in [-0.1, -0.05) is 0 Å². The number of para-hydroxylation sites is 4. The van der Waals surface area contributed by atoms with Gasteiger partial charge in [0.15, 0.2) is 0 Å². The van der Waals surface area contributed by atoms with Crippen LogP contribution in [-0.4, -0.2) is 79.0 Å². The number of allylic oxidation sites excluding steroid dienone is 2. The van der Waals surface area contributed by atoms with Gasteiger partial charge in [0.1, 0.15) is 0 Å². The number of rotatable bonds is 4. The third kappa shape index (κ3) is 7.43. The number of carbonyl (C=O) groups is 4. The van der Waals surface area contributed by atoms with Crippen LogP contribution in [0.3, 0.4) is 0 Å². The van der Waals surface area contributed by atoms with Gasteiger partial charge in [0.05, 0.1) is 0 Å². The van der Waals surface area contributed by atoms with E-state index < -0.39 is 40.9 Å². The van der Waals surface area contributed by atoms with Crippen LogP contribution in [0.25, 0.3) is 44.5 Å². The molecule has 2 aliphatic heterocycles. The number of fused-ring (bicyclic) bond motifs is 13. The molecule has 0 saturated carbocycles. The van der Waals surface area contributed by atoms with Crippen LogP contribution in [0.5, 0.6) is 0 Å². The number of hydrogen-bond acceptors (Lipinski definition) is 7. The van der Waals surface area contributed by atoms with Crippen molar-refractivity contribution in [2.24, 2.45) is 0 Å². The quantitative estimate of drug-likeness (QED) is 0.0752. The Morgan fingerprint density at radius 2 is 0.784 bits per heavy atom. The molecule has 350 valence electrons. The second-order valence-corrected chi connectivity index (χ2v) is 27.7. The van der Waals surface area contributed by atoms with Crippen LogP contribution >= 0.6 is 11.8 Å². The normalized spacial score (nSPS) is 14.7. The Morgan fingerprint density at radius 1 is 0.365 bits per heavy atom. The first-order valence-corrected chi connectivity index (χ1v) is 31.2. The summed E-state index contributed by atoms with van der Waals surface area (Å²) < 4.78 is 7.47. The summed E-state index contributed by atoms with van der Waals surface area (Å²) in [5.74, 6) is -0.637. The van der Waals surface area contributed by atoms with E-state index in [4.69, 9.17) is 0 Å². The Labute approximate surface area is 455 Å². The average molecular weight is 1260 g/mol. The van der Waals surface area contributed by atoms with Crippen LogP contribution in [0.2, 0.25) is 0 Å². The first-order chi connectivity index (χ1) is 36.4. The molecule has 0 atom stereocenters. The molecule has 0 fully saturated rings. The van der Waals surface area contributed by atoms with Crippen LogP contribution in [-0.2, 0) is 0 Å². The summed E-state index contributed by atoms with van der Waals surface area (Å²) >= 11 is 0.446. The van der Waals surface area contributed by atoms with Gasteiger partial charge in [-0.15, -0.1) is 0 Å². The molecular formula is C64H36N2O4SSeTe2. The molecule has 0 saturated heterocycles. The predicted octanol–water partition coefficient (Wildman–Crippen LogP) is 13.2. The number of ketones is 4. The predicted molar refractivity (Wildman–Crippen MR) is 304 cm³/mol. The fourth-order valence-corrected chi connectivity index (χ4v) is 19.4. The summed E-state index contributed by atoms with van der Waals surface area (Å²) in [6.45, 7) is 0. The Morgan fingerprint density at radius 3 is 1.34 bits per heavy atom. The van der Waals surface area contributed by atoms with Crippen LogP contribution in [0.4, 0.5) is 30.2 Å². The molecule has 15 rings (SSSR count). The number of anilines is 6. The molecule has 11 aromatic rings. The van der Waals surface area contributed by atoms with Gasteiger partial charge >= 0.3 is 460 Å². The van der Waals surface area contributed by atoms with E-state index in [-0.39, 0.29) is 43.7 Å². The Hall–Kier alpha value is -7.07. The Kier molecular flexibility index (Phi) is 11.3. The van der Waals surface area contributed by atoms with Gasteiger partial charge in [-0.2, -0.15) is 0 Å². The first-order valence-electron chi connectivity index (χ1n) is 24.0. The molecule has 2 aromatic heterocycles. The van der Waals surface area contributed by atoms with E-state index in [1.807, 2.05) is 91.0 Å². The summed E-state index contributed by atoms with van der Waals surface area (Å²) in [5.41, 5.74) is 7.59. The van der Waals surface area contributed by atoms with Gasteiger partial charge in [0, 0.05) is 0 Å². The fraction of sp³-hybridized carbons (Fsp3) is 0. The van der Waals surface area contributed by atoms with E-state index in [2.05, 4.69) is 131 Å². The van der Waals surface area contributed by atoms with Crippen LogP contribution < -0.4 is 18.7 Å². The van der Waals surface area contributed by atoms with Gasteiger partial charge in [-0.3, -0.25) is 0 Å². The van der Waals surface area contributed by atoms with Gasteiger partial charge in [-0.25, -0.2) is 0 Å². The summed E-state index contributed by atoms with van der Waals surface area (Å²) in [4.78, 5) is 61.5. The number of carbonyl (C=O) groups excluding carboxylic acids is 4. The van der Waals surface area contributed by atoms with Gasteiger partial charge < -0.3 is 0 Å². The molecule has 0 radical (unpaired) electrons. The third-order valence-electron chi connectivity index (χ3n) is 13.9. The Bertz CT molecular complexity index is 4170. The van der Waals surface area contributed by atoms with Crippen molar-refractivity contribution in [3.05, 3.63) is 247 Å². The Balaban J connectivity index is 0.000000137. The molecule has 4 heterocycles. The van der Waals surface area contributed by atoms with Crippen molar-refractivity contribution in [2.45, 2.75) is 9.79 Å². The van der Waals surface area contributed by atoms with Crippen LogP contribution in [0.15, 0.2) is 227 Å². The van der Waals surface area contributed by atoms with Crippen molar-refractivity contribution in [1.29, 1.82) is 0 Å². The third-order valence-corrected chi connectivity index (χ3v) is 23.2. The zero-order valence-corrected chi connectivity index (χ0v) is 46.1. The fourth-order valence-electron chi connectivity index (χ4n) is 10.6. The minimum atomic E-state index is -0.840. The molecule has 0 N–H and O–H groups in total. The topological polar surface area (TPSA) is 74.8 Å². The maximum absolute atomic E-state index is 13.8. The average Bonchev–Trinajstić information content (AvgIpc) is 4.23. The van der Waals surface area contributed by atoms with Crippen LogP contribution in [0.1, 0.15) is 48.6 Å². The van der Waals surface area contributed by atoms with Crippen LogP contribution in [0, 0.1) is 0 Å². The standard InChI is InChI=1S/C34H19NO2STe.C30H17NO2SeTe/c36-33-25(34(37)32-24-12-4-2-10-22(24)21-9-1-3-11-23(21)31(32)33)19-20-17-18-30(39-20)35-26-13-5-7-15-28(26)38-29-16-8-6-14-27(29)35;32-29-21-15-13-18-7-1-2-8-20(18)28(21)30(33)22(29)17-19-14-16-27(35-19)31-23-9-3-5-11-25(23)34-26-12-6-4-10-24(26)31/h1-19H;1-17H/b;22-17+. The molecule has 0 bridgehead atoms. The molecule has 0 spiro atoms. The molecule has 6 nitrogen and oxygen atoms in total. The van der Waals surface area contributed by atoms with Crippen molar-refractivity contribution >= 4 is 174 Å². The van der Waals surface area contributed by atoms with E-state index in [1.54, 1.807) is 17.8 Å². The molecule has 0 amide bonds.